The maximum atomic E-state index is 12.6. The van der Waals surface area contributed by atoms with Crippen LogP contribution in [0.5, 0.6) is 5.75 Å². The smallest absolute Gasteiger partial charge is 0.255 e. The van der Waals surface area contributed by atoms with Gasteiger partial charge in [0.25, 0.3) is 5.91 Å². The summed E-state index contributed by atoms with van der Waals surface area (Å²) in [5.74, 6) is 0.789. The Morgan fingerprint density at radius 3 is 2.69 bits per heavy atom. The molecule has 1 aromatic carbocycles. The van der Waals surface area contributed by atoms with Gasteiger partial charge in [-0.25, -0.2) is 0 Å². The van der Waals surface area contributed by atoms with Crippen molar-refractivity contribution < 1.29 is 14.3 Å². The van der Waals surface area contributed by atoms with E-state index < -0.39 is 6.04 Å². The molecule has 140 valence electrons. The topological polar surface area (TPSA) is 67.4 Å². The zero-order chi connectivity index (χ0) is 18.9. The Morgan fingerprint density at radius 1 is 1.27 bits per heavy atom. The van der Waals surface area contributed by atoms with E-state index in [1.165, 1.54) is 7.11 Å². The first-order chi connectivity index (χ1) is 12.6. The number of para-hydroxylation sites is 1. The lowest BCUT2D eigenvalue weighted by molar-refractivity contribution is -0.123. The largest absolute Gasteiger partial charge is 0.496 e. The van der Waals surface area contributed by atoms with E-state index in [2.05, 4.69) is 10.6 Å². The summed E-state index contributed by atoms with van der Waals surface area (Å²) in [6.07, 6.45) is 2.54. The summed E-state index contributed by atoms with van der Waals surface area (Å²) in [5, 5.41) is 7.79. The predicted molar refractivity (Wildman–Crippen MR) is 108 cm³/mol. The van der Waals surface area contributed by atoms with E-state index in [4.69, 9.17) is 4.74 Å². The highest BCUT2D eigenvalue weighted by Gasteiger charge is 2.22. The average molecular weight is 393 g/mol. The summed E-state index contributed by atoms with van der Waals surface area (Å²) >= 11 is 3.26. The average Bonchev–Trinajstić information content (AvgIpc) is 3.07. The standard InChI is InChI=1S/C19H24N2O3S2/c1-13-8-11-26-17(13)12-20-19(23)15(9-10-25-3)21-18(22)14-6-4-5-7-16(14)24-2/h4-8,11,15H,9-10,12H2,1-3H3,(H,20,23)(H,21,22). The third-order valence-electron chi connectivity index (χ3n) is 3.98. The van der Waals surface area contributed by atoms with Gasteiger partial charge >= 0.3 is 0 Å². The predicted octanol–water partition coefficient (Wildman–Crippen LogP) is 3.23. The number of hydrogen-bond acceptors (Lipinski definition) is 5. The van der Waals surface area contributed by atoms with Crippen LogP contribution in [0.2, 0.25) is 0 Å². The monoisotopic (exact) mass is 392 g/mol. The number of rotatable bonds is 9. The molecule has 2 rings (SSSR count). The lowest BCUT2D eigenvalue weighted by Gasteiger charge is -2.19. The van der Waals surface area contributed by atoms with Crippen LogP contribution in [0, 0.1) is 6.92 Å². The highest BCUT2D eigenvalue weighted by Crippen LogP contribution is 2.18. The van der Waals surface area contributed by atoms with E-state index in [0.717, 1.165) is 16.2 Å². The van der Waals surface area contributed by atoms with E-state index >= 15 is 0 Å². The van der Waals surface area contributed by atoms with E-state index in [-0.39, 0.29) is 11.8 Å². The van der Waals surface area contributed by atoms with Crippen LogP contribution in [0.1, 0.15) is 27.2 Å². The molecule has 2 N–H and O–H groups in total. The maximum Gasteiger partial charge on any atom is 0.255 e. The van der Waals surface area contributed by atoms with E-state index in [1.807, 2.05) is 24.6 Å². The first kappa shape index (κ1) is 20.3. The molecule has 5 nitrogen and oxygen atoms in total. The number of thioether (sulfide) groups is 1. The van der Waals surface area contributed by atoms with Crippen LogP contribution in [-0.2, 0) is 11.3 Å². The second-order valence-electron chi connectivity index (χ2n) is 5.75. The zero-order valence-corrected chi connectivity index (χ0v) is 16.8. The van der Waals surface area contributed by atoms with Gasteiger partial charge in [0.1, 0.15) is 11.8 Å². The van der Waals surface area contributed by atoms with E-state index in [9.17, 15) is 9.59 Å². The summed E-state index contributed by atoms with van der Waals surface area (Å²) in [4.78, 5) is 26.4. The third-order valence-corrected chi connectivity index (χ3v) is 5.64. The van der Waals surface area contributed by atoms with Crippen molar-refractivity contribution in [1.82, 2.24) is 10.6 Å². The van der Waals surface area contributed by atoms with Gasteiger partial charge in [-0.2, -0.15) is 11.8 Å². The lowest BCUT2D eigenvalue weighted by Crippen LogP contribution is -2.46. The van der Waals surface area contributed by atoms with Gasteiger partial charge in [0.05, 0.1) is 19.2 Å². The molecular formula is C19H24N2O3S2. The Bertz CT molecular complexity index is 746. The molecule has 26 heavy (non-hydrogen) atoms. The number of nitrogens with one attached hydrogen (secondary N) is 2. The number of benzene rings is 1. The summed E-state index contributed by atoms with van der Waals surface area (Å²) in [5.41, 5.74) is 1.58. The van der Waals surface area contributed by atoms with Crippen LogP contribution < -0.4 is 15.4 Å². The Balaban J connectivity index is 2.04. The van der Waals surface area contributed by atoms with Crippen molar-refractivity contribution in [1.29, 1.82) is 0 Å². The van der Waals surface area contributed by atoms with Gasteiger partial charge in [-0.05, 0) is 54.5 Å². The van der Waals surface area contributed by atoms with Crippen molar-refractivity contribution in [3.63, 3.8) is 0 Å². The normalized spacial score (nSPS) is 11.7. The maximum absolute atomic E-state index is 12.6. The summed E-state index contributed by atoms with van der Waals surface area (Å²) < 4.78 is 5.24. The molecule has 1 unspecified atom stereocenters. The molecular weight excluding hydrogens is 368 g/mol. The Labute approximate surface area is 162 Å². The number of amides is 2. The van der Waals surface area contributed by atoms with Gasteiger partial charge in [-0.15, -0.1) is 11.3 Å². The molecule has 0 aliphatic rings. The minimum atomic E-state index is -0.583. The summed E-state index contributed by atoms with van der Waals surface area (Å²) in [6.45, 7) is 2.50. The van der Waals surface area contributed by atoms with E-state index in [0.29, 0.717) is 24.3 Å². The first-order valence-electron chi connectivity index (χ1n) is 8.30. The molecule has 0 saturated heterocycles. The number of thiophene rings is 1. The second kappa shape index (κ2) is 10.2. The molecule has 1 aromatic heterocycles. The van der Waals surface area contributed by atoms with Crippen molar-refractivity contribution in [2.24, 2.45) is 0 Å². The zero-order valence-electron chi connectivity index (χ0n) is 15.2. The molecule has 0 bridgehead atoms. The number of hydrogen-bond donors (Lipinski definition) is 2. The van der Waals surface area contributed by atoms with Crippen LogP contribution in [0.25, 0.3) is 0 Å². The minimum absolute atomic E-state index is 0.171. The summed E-state index contributed by atoms with van der Waals surface area (Å²) in [7, 11) is 1.52. The fourth-order valence-electron chi connectivity index (χ4n) is 2.45. The quantitative estimate of drug-likeness (QED) is 0.688. The number of carbonyl (C=O) groups is 2. The Hall–Kier alpha value is -1.99. The summed E-state index contributed by atoms with van der Waals surface area (Å²) in [6, 6.07) is 8.43. The number of carbonyl (C=O) groups excluding carboxylic acids is 2. The van der Waals surface area contributed by atoms with Gasteiger partial charge in [0.2, 0.25) is 5.91 Å². The van der Waals surface area contributed by atoms with Gasteiger partial charge in [-0.1, -0.05) is 12.1 Å². The van der Waals surface area contributed by atoms with Crippen molar-refractivity contribution in [3.05, 3.63) is 51.7 Å². The highest BCUT2D eigenvalue weighted by molar-refractivity contribution is 7.98. The molecule has 1 heterocycles. The second-order valence-corrected chi connectivity index (χ2v) is 7.74. The van der Waals surface area contributed by atoms with Crippen molar-refractivity contribution >= 4 is 34.9 Å². The molecule has 7 heteroatoms. The van der Waals surface area contributed by atoms with Crippen LogP contribution >= 0.6 is 23.1 Å². The Morgan fingerprint density at radius 2 is 2.04 bits per heavy atom. The van der Waals surface area contributed by atoms with Gasteiger partial charge in [-0.3, -0.25) is 9.59 Å². The van der Waals surface area contributed by atoms with Gasteiger partial charge < -0.3 is 15.4 Å². The molecule has 0 spiro atoms. The van der Waals surface area contributed by atoms with E-state index in [1.54, 1.807) is 47.4 Å². The van der Waals surface area contributed by atoms with Crippen molar-refractivity contribution in [3.8, 4) is 5.75 Å². The molecule has 0 aliphatic carbocycles. The van der Waals surface area contributed by atoms with Gasteiger partial charge in [0, 0.05) is 4.88 Å². The molecule has 1 atom stereocenters. The van der Waals surface area contributed by atoms with Crippen LogP contribution in [0.3, 0.4) is 0 Å². The SMILES string of the molecule is COc1ccccc1C(=O)NC(CCSC)C(=O)NCc1sccc1C. The lowest BCUT2D eigenvalue weighted by atomic mass is 10.1. The number of methoxy groups -OCH3 is 1. The molecule has 2 aromatic rings. The number of aryl methyl sites for hydroxylation is 1. The molecule has 0 fully saturated rings. The van der Waals surface area contributed by atoms with Crippen LogP contribution in [0.15, 0.2) is 35.7 Å². The number of ether oxygens (including phenoxy) is 1. The van der Waals surface area contributed by atoms with Crippen molar-refractivity contribution in [2.45, 2.75) is 25.9 Å². The molecule has 0 aliphatic heterocycles. The van der Waals surface area contributed by atoms with Crippen LogP contribution in [0.4, 0.5) is 0 Å². The minimum Gasteiger partial charge on any atom is -0.496 e. The van der Waals surface area contributed by atoms with Crippen LogP contribution in [-0.4, -0.2) is 37.0 Å². The first-order valence-corrected chi connectivity index (χ1v) is 10.6. The fraction of sp³-hybridized carbons (Fsp3) is 0.368. The highest BCUT2D eigenvalue weighted by atomic mass is 32.2. The molecule has 0 saturated carbocycles. The molecule has 2 amide bonds. The van der Waals surface area contributed by atoms with Crippen molar-refractivity contribution in [2.75, 3.05) is 19.1 Å². The molecule has 0 radical (unpaired) electrons. The Kier molecular flexibility index (Phi) is 8.00. The third kappa shape index (κ3) is 5.51. The van der Waals surface area contributed by atoms with Gasteiger partial charge in [0.15, 0.2) is 0 Å². The fourth-order valence-corrected chi connectivity index (χ4v) is 3.77.